The minimum absolute atomic E-state index is 0.0615. The molecule has 184 valence electrons. The van der Waals surface area contributed by atoms with Crippen molar-refractivity contribution in [2.24, 2.45) is 5.92 Å². The molecule has 0 aromatic heterocycles. The van der Waals surface area contributed by atoms with Gasteiger partial charge in [0.05, 0.1) is 39.0 Å². The van der Waals surface area contributed by atoms with Crippen molar-refractivity contribution in [3.63, 3.8) is 0 Å². The first-order valence-electron chi connectivity index (χ1n) is 12.0. The van der Waals surface area contributed by atoms with Gasteiger partial charge in [-0.3, -0.25) is 0 Å². The number of methoxy groups -OCH3 is 2. The molecule has 0 saturated carbocycles. The summed E-state index contributed by atoms with van der Waals surface area (Å²) >= 11 is 0. The highest BCUT2D eigenvalue weighted by atomic mass is 16.6. The van der Waals surface area contributed by atoms with Crippen LogP contribution in [0, 0.1) is 5.92 Å². The smallest absolute Gasteiger partial charge is 0.237 e. The predicted octanol–water partition coefficient (Wildman–Crippen LogP) is 3.31. The van der Waals surface area contributed by atoms with Gasteiger partial charge in [-0.1, -0.05) is 61.5 Å². The number of hydrogen-bond acceptors (Lipinski definition) is 6. The molecule has 4 rings (SSSR count). The van der Waals surface area contributed by atoms with Crippen LogP contribution in [0.2, 0.25) is 0 Å². The molecule has 1 unspecified atom stereocenters. The van der Waals surface area contributed by atoms with Crippen LogP contribution in [0.1, 0.15) is 23.6 Å². The van der Waals surface area contributed by atoms with Gasteiger partial charge in [-0.25, -0.2) is 0 Å². The first-order valence-corrected chi connectivity index (χ1v) is 12.0. The van der Waals surface area contributed by atoms with Crippen molar-refractivity contribution in [3.05, 3.63) is 95.6 Å². The van der Waals surface area contributed by atoms with Gasteiger partial charge in [0.15, 0.2) is 0 Å². The molecule has 7 heteroatoms. The number of ether oxygens (including phenoxy) is 4. The fourth-order valence-electron chi connectivity index (χ4n) is 4.83. The first kappa shape index (κ1) is 25.3. The van der Waals surface area contributed by atoms with Gasteiger partial charge in [-0.05, 0) is 48.0 Å². The molecule has 3 aromatic rings. The van der Waals surface area contributed by atoms with Gasteiger partial charge >= 0.3 is 0 Å². The van der Waals surface area contributed by atoms with Crippen molar-refractivity contribution in [1.82, 2.24) is 5.23 Å². The minimum Gasteiger partial charge on any atom is -0.497 e. The molecular formula is C28H34BNO5. The number of aliphatic hydroxyl groups excluding tert-OH is 1. The second kappa shape index (κ2) is 11.3. The van der Waals surface area contributed by atoms with Gasteiger partial charge in [0.25, 0.3) is 0 Å². The monoisotopic (exact) mass is 475 g/mol. The third kappa shape index (κ3) is 5.09. The highest BCUT2D eigenvalue weighted by Crippen LogP contribution is 2.42. The molecule has 1 saturated heterocycles. The maximum Gasteiger partial charge on any atom is 0.237 e. The standard InChI is InChI=1S/C28H34BNO5/c1-19-25(35-27(26(19)31)29-30-2)18-34-28(20-8-6-5-7-9-20,21-10-14-23(32-3)15-11-21)22-12-16-24(33-4)17-13-22/h5-17,19,25-27,29-31H,18H2,1-4H3/t19?,25-,26+,27-/m1/s1. The maximum atomic E-state index is 10.7. The van der Waals surface area contributed by atoms with Crippen LogP contribution in [-0.4, -0.2) is 58.6 Å². The van der Waals surface area contributed by atoms with Crippen LogP contribution in [0.25, 0.3) is 0 Å². The Morgan fingerprint density at radius 2 is 1.37 bits per heavy atom. The van der Waals surface area contributed by atoms with E-state index in [9.17, 15) is 5.11 Å². The summed E-state index contributed by atoms with van der Waals surface area (Å²) in [5, 5.41) is 13.8. The maximum absolute atomic E-state index is 10.7. The Kier molecular flexibility index (Phi) is 8.13. The van der Waals surface area contributed by atoms with Crippen LogP contribution in [0.15, 0.2) is 78.9 Å². The van der Waals surface area contributed by atoms with Crippen molar-refractivity contribution >= 4 is 7.41 Å². The van der Waals surface area contributed by atoms with Crippen molar-refractivity contribution in [1.29, 1.82) is 0 Å². The van der Waals surface area contributed by atoms with E-state index in [-0.39, 0.29) is 18.0 Å². The zero-order chi connectivity index (χ0) is 24.8. The molecule has 0 bridgehead atoms. The lowest BCUT2D eigenvalue weighted by atomic mass is 9.79. The van der Waals surface area contributed by atoms with Gasteiger partial charge in [-0.15, -0.1) is 0 Å². The molecule has 4 atom stereocenters. The molecule has 1 aliphatic rings. The lowest BCUT2D eigenvalue weighted by Gasteiger charge is -2.37. The summed E-state index contributed by atoms with van der Waals surface area (Å²) in [7, 11) is 5.76. The molecule has 1 aliphatic heterocycles. The normalized spacial score (nSPS) is 22.1. The lowest BCUT2D eigenvalue weighted by molar-refractivity contribution is -0.0594. The number of nitrogens with one attached hydrogen (secondary N) is 1. The predicted molar refractivity (Wildman–Crippen MR) is 138 cm³/mol. The van der Waals surface area contributed by atoms with E-state index in [0.717, 1.165) is 28.2 Å². The van der Waals surface area contributed by atoms with E-state index in [0.29, 0.717) is 14.0 Å². The van der Waals surface area contributed by atoms with E-state index < -0.39 is 11.7 Å². The van der Waals surface area contributed by atoms with E-state index >= 15 is 0 Å². The van der Waals surface area contributed by atoms with Crippen LogP contribution in [0.3, 0.4) is 0 Å². The number of rotatable bonds is 10. The SMILES string of the molecule is CNB[C@@H]1O[C@H](COC(c2ccccc2)(c2ccc(OC)cc2)c2ccc(OC)cc2)C(C)[C@@H]1O. The van der Waals surface area contributed by atoms with Crippen molar-refractivity contribution in [2.75, 3.05) is 27.9 Å². The molecule has 0 spiro atoms. The topological polar surface area (TPSA) is 69.2 Å². The first-order chi connectivity index (χ1) is 17.0. The molecule has 6 nitrogen and oxygen atoms in total. The Morgan fingerprint density at radius 1 is 0.857 bits per heavy atom. The van der Waals surface area contributed by atoms with Crippen LogP contribution in [0.5, 0.6) is 11.5 Å². The number of aliphatic hydroxyl groups is 1. The second-order valence-electron chi connectivity index (χ2n) is 8.94. The number of benzene rings is 3. The van der Waals surface area contributed by atoms with Gasteiger partial charge in [0.2, 0.25) is 7.41 Å². The summed E-state index contributed by atoms with van der Waals surface area (Å²) in [5.41, 5.74) is 2.02. The fraction of sp³-hybridized carbons (Fsp3) is 0.357. The van der Waals surface area contributed by atoms with Crippen LogP contribution in [-0.2, 0) is 15.1 Å². The molecule has 3 aromatic carbocycles. The van der Waals surface area contributed by atoms with Crippen LogP contribution >= 0.6 is 0 Å². The van der Waals surface area contributed by atoms with Gasteiger partial charge in [0, 0.05) is 5.92 Å². The third-order valence-electron chi connectivity index (χ3n) is 6.90. The van der Waals surface area contributed by atoms with Gasteiger partial charge in [0.1, 0.15) is 17.1 Å². The van der Waals surface area contributed by atoms with Crippen LogP contribution < -0.4 is 14.7 Å². The minimum atomic E-state index is -0.908. The van der Waals surface area contributed by atoms with Gasteiger partial charge in [-0.2, -0.15) is 0 Å². The Morgan fingerprint density at radius 3 is 1.86 bits per heavy atom. The number of hydrogen-bond donors (Lipinski definition) is 2. The third-order valence-corrected chi connectivity index (χ3v) is 6.90. The summed E-state index contributed by atoms with van der Waals surface area (Å²) in [6, 6.07) is 25.8. The molecule has 0 amide bonds. The Balaban J connectivity index is 1.79. The molecule has 0 radical (unpaired) electrons. The van der Waals surface area contributed by atoms with Crippen LogP contribution in [0.4, 0.5) is 0 Å². The van der Waals surface area contributed by atoms with Crippen molar-refractivity contribution < 1.29 is 24.1 Å². The molecule has 1 heterocycles. The molecule has 35 heavy (non-hydrogen) atoms. The summed E-state index contributed by atoms with van der Waals surface area (Å²) in [4.78, 5) is 0. The van der Waals surface area contributed by atoms with E-state index in [4.69, 9.17) is 18.9 Å². The van der Waals surface area contributed by atoms with Crippen molar-refractivity contribution in [2.45, 2.75) is 30.7 Å². The summed E-state index contributed by atoms with van der Waals surface area (Å²) in [6.45, 7) is 2.32. The molecule has 1 fully saturated rings. The average Bonchev–Trinajstić information content (AvgIpc) is 3.18. The molecule has 0 aliphatic carbocycles. The molecule has 2 N–H and O–H groups in total. The zero-order valence-electron chi connectivity index (χ0n) is 20.8. The van der Waals surface area contributed by atoms with Gasteiger partial charge < -0.3 is 29.3 Å². The summed E-state index contributed by atoms with van der Waals surface area (Å²) in [6.07, 6.45) is -0.799. The highest BCUT2D eigenvalue weighted by Gasteiger charge is 2.44. The second-order valence-corrected chi connectivity index (χ2v) is 8.94. The summed E-state index contributed by atoms with van der Waals surface area (Å²) in [5.74, 6) is 1.49. The quantitative estimate of drug-likeness (QED) is 0.347. The van der Waals surface area contributed by atoms with E-state index in [1.54, 1.807) is 14.2 Å². The lowest BCUT2D eigenvalue weighted by Crippen LogP contribution is -2.37. The van der Waals surface area contributed by atoms with Crippen molar-refractivity contribution in [3.8, 4) is 11.5 Å². The molecular weight excluding hydrogens is 441 g/mol. The average molecular weight is 475 g/mol. The largest absolute Gasteiger partial charge is 0.497 e. The highest BCUT2D eigenvalue weighted by molar-refractivity contribution is 6.34. The Bertz CT molecular complexity index is 1010. The Labute approximate surface area is 208 Å². The van der Waals surface area contributed by atoms with E-state index in [2.05, 4.69) is 17.4 Å². The fourth-order valence-corrected chi connectivity index (χ4v) is 4.83. The van der Waals surface area contributed by atoms with E-state index in [1.165, 1.54) is 0 Å². The Hall–Kier alpha value is -2.84. The summed E-state index contributed by atoms with van der Waals surface area (Å²) < 4.78 is 24.0. The van der Waals surface area contributed by atoms with E-state index in [1.807, 2.05) is 80.7 Å². The zero-order valence-corrected chi connectivity index (χ0v) is 20.8.